The summed E-state index contributed by atoms with van der Waals surface area (Å²) in [7, 11) is 0. The van der Waals surface area contributed by atoms with Gasteiger partial charge < -0.3 is 10.2 Å². The second kappa shape index (κ2) is 4.89. The second-order valence-electron chi connectivity index (χ2n) is 4.62. The standard InChI is InChI=1S/C15H11F3N2O/c16-15(17,18)11-3-2-10-5-14(21-13(10)6-11)12-4-1-9(7-19)8-20-12/h1-6,8H,7,19H2. The first kappa shape index (κ1) is 13.6. The Morgan fingerprint density at radius 3 is 2.52 bits per heavy atom. The number of benzene rings is 1. The molecule has 0 fully saturated rings. The highest BCUT2D eigenvalue weighted by Gasteiger charge is 2.30. The first-order chi connectivity index (χ1) is 9.97. The van der Waals surface area contributed by atoms with Crippen LogP contribution in [0.2, 0.25) is 0 Å². The highest BCUT2D eigenvalue weighted by Crippen LogP contribution is 2.34. The molecule has 2 aromatic heterocycles. The Morgan fingerprint density at radius 2 is 1.90 bits per heavy atom. The highest BCUT2D eigenvalue weighted by molar-refractivity contribution is 5.82. The minimum Gasteiger partial charge on any atom is -0.454 e. The molecule has 0 atom stereocenters. The Balaban J connectivity index is 2.04. The van der Waals surface area contributed by atoms with Gasteiger partial charge in [-0.25, -0.2) is 0 Å². The quantitative estimate of drug-likeness (QED) is 0.777. The SMILES string of the molecule is NCc1ccc(-c2cc3ccc(C(F)(F)F)cc3o2)nc1. The van der Waals surface area contributed by atoms with Crippen LogP contribution in [-0.2, 0) is 12.7 Å². The molecule has 6 heteroatoms. The highest BCUT2D eigenvalue weighted by atomic mass is 19.4. The summed E-state index contributed by atoms with van der Waals surface area (Å²) < 4.78 is 43.5. The minimum atomic E-state index is -4.39. The topological polar surface area (TPSA) is 52.0 Å². The second-order valence-corrected chi connectivity index (χ2v) is 4.62. The molecule has 0 aliphatic heterocycles. The number of hydrogen-bond acceptors (Lipinski definition) is 3. The molecule has 2 N–H and O–H groups in total. The zero-order valence-corrected chi connectivity index (χ0v) is 10.8. The number of nitrogens with zero attached hydrogens (tertiary/aromatic N) is 1. The van der Waals surface area contributed by atoms with Crippen molar-refractivity contribution in [2.45, 2.75) is 12.7 Å². The van der Waals surface area contributed by atoms with Gasteiger partial charge in [-0.3, -0.25) is 4.98 Å². The van der Waals surface area contributed by atoms with Crippen molar-refractivity contribution in [1.82, 2.24) is 4.98 Å². The van der Waals surface area contributed by atoms with Crippen LogP contribution >= 0.6 is 0 Å². The van der Waals surface area contributed by atoms with Crippen molar-refractivity contribution in [2.75, 3.05) is 0 Å². The largest absolute Gasteiger partial charge is 0.454 e. The van der Waals surface area contributed by atoms with Crippen LogP contribution in [0.25, 0.3) is 22.4 Å². The molecule has 0 spiro atoms. The summed E-state index contributed by atoms with van der Waals surface area (Å²) >= 11 is 0. The maximum absolute atomic E-state index is 12.7. The van der Waals surface area contributed by atoms with Gasteiger partial charge in [0.2, 0.25) is 0 Å². The van der Waals surface area contributed by atoms with Gasteiger partial charge in [-0.1, -0.05) is 12.1 Å². The number of furan rings is 1. The van der Waals surface area contributed by atoms with Crippen molar-refractivity contribution in [3.05, 3.63) is 53.7 Å². The molecule has 21 heavy (non-hydrogen) atoms. The molecule has 0 unspecified atom stereocenters. The van der Waals surface area contributed by atoms with Gasteiger partial charge in [0.15, 0.2) is 5.76 Å². The lowest BCUT2D eigenvalue weighted by Crippen LogP contribution is -2.03. The summed E-state index contributed by atoms with van der Waals surface area (Å²) in [6.45, 7) is 0.377. The fraction of sp³-hybridized carbons (Fsp3) is 0.133. The van der Waals surface area contributed by atoms with Crippen LogP contribution in [0.5, 0.6) is 0 Å². The number of halogens is 3. The van der Waals surface area contributed by atoms with Crippen LogP contribution in [0.1, 0.15) is 11.1 Å². The number of hydrogen-bond donors (Lipinski definition) is 1. The molecule has 1 aromatic carbocycles. The first-order valence-corrected chi connectivity index (χ1v) is 6.23. The predicted octanol–water partition coefficient (Wildman–Crippen LogP) is 3.97. The third kappa shape index (κ3) is 2.62. The van der Waals surface area contributed by atoms with E-state index in [1.54, 1.807) is 24.4 Å². The monoisotopic (exact) mass is 292 g/mol. The third-order valence-corrected chi connectivity index (χ3v) is 3.16. The van der Waals surface area contributed by atoms with E-state index in [0.717, 1.165) is 17.7 Å². The fourth-order valence-corrected chi connectivity index (χ4v) is 2.02. The summed E-state index contributed by atoms with van der Waals surface area (Å²) in [5.41, 5.74) is 6.36. The molecular weight excluding hydrogens is 281 g/mol. The maximum atomic E-state index is 12.7. The molecule has 108 valence electrons. The summed E-state index contributed by atoms with van der Waals surface area (Å²) in [5, 5.41) is 0.600. The number of fused-ring (bicyclic) bond motifs is 1. The van der Waals surface area contributed by atoms with E-state index < -0.39 is 11.7 Å². The van der Waals surface area contributed by atoms with Gasteiger partial charge in [-0.2, -0.15) is 13.2 Å². The van der Waals surface area contributed by atoms with Crippen LogP contribution in [0.15, 0.2) is 47.0 Å². The van der Waals surface area contributed by atoms with Crippen molar-refractivity contribution >= 4 is 11.0 Å². The van der Waals surface area contributed by atoms with E-state index in [-0.39, 0.29) is 5.58 Å². The van der Waals surface area contributed by atoms with Crippen molar-refractivity contribution in [3.63, 3.8) is 0 Å². The van der Waals surface area contributed by atoms with Crippen LogP contribution in [-0.4, -0.2) is 4.98 Å². The Hall–Kier alpha value is -2.34. The maximum Gasteiger partial charge on any atom is 0.416 e. The summed E-state index contributed by atoms with van der Waals surface area (Å²) in [6.07, 6.45) is -2.77. The van der Waals surface area contributed by atoms with E-state index in [4.69, 9.17) is 10.2 Å². The van der Waals surface area contributed by atoms with Crippen LogP contribution in [0.4, 0.5) is 13.2 Å². The number of rotatable bonds is 2. The van der Waals surface area contributed by atoms with Crippen molar-refractivity contribution in [2.24, 2.45) is 5.73 Å². The number of alkyl halides is 3. The molecule has 0 saturated heterocycles. The summed E-state index contributed by atoms with van der Waals surface area (Å²) in [5.74, 6) is 0.424. The minimum absolute atomic E-state index is 0.185. The average Bonchev–Trinajstić information content (AvgIpc) is 2.89. The fourth-order valence-electron chi connectivity index (χ4n) is 2.02. The lowest BCUT2D eigenvalue weighted by Gasteiger charge is -2.04. The number of aromatic nitrogens is 1. The van der Waals surface area contributed by atoms with Gasteiger partial charge in [0.1, 0.15) is 11.3 Å². The van der Waals surface area contributed by atoms with Crippen LogP contribution in [0.3, 0.4) is 0 Å². The van der Waals surface area contributed by atoms with Crippen LogP contribution in [0, 0.1) is 0 Å². The summed E-state index contributed by atoms with van der Waals surface area (Å²) in [6, 6.07) is 8.61. The van der Waals surface area contributed by atoms with Crippen LogP contribution < -0.4 is 5.73 Å². The van der Waals surface area contributed by atoms with Gasteiger partial charge >= 0.3 is 6.18 Å². The van der Waals surface area contributed by atoms with Gasteiger partial charge in [0.25, 0.3) is 0 Å². The van der Waals surface area contributed by atoms with E-state index >= 15 is 0 Å². The van der Waals surface area contributed by atoms with Gasteiger partial charge in [0, 0.05) is 18.1 Å². The van der Waals surface area contributed by atoms with E-state index in [1.807, 2.05) is 0 Å². The first-order valence-electron chi connectivity index (χ1n) is 6.23. The third-order valence-electron chi connectivity index (χ3n) is 3.16. The Morgan fingerprint density at radius 1 is 1.10 bits per heavy atom. The van der Waals surface area contributed by atoms with E-state index in [2.05, 4.69) is 4.98 Å². The molecule has 0 aliphatic carbocycles. The molecule has 0 saturated carbocycles. The number of pyridine rings is 1. The zero-order valence-electron chi connectivity index (χ0n) is 10.8. The predicted molar refractivity (Wildman–Crippen MR) is 72.3 cm³/mol. The molecule has 0 amide bonds. The zero-order chi connectivity index (χ0) is 15.0. The molecule has 0 bridgehead atoms. The van der Waals surface area contributed by atoms with Gasteiger partial charge in [-0.05, 0) is 29.8 Å². The molecule has 2 heterocycles. The Labute approximate surface area is 118 Å². The van der Waals surface area contributed by atoms with Crippen molar-refractivity contribution < 1.29 is 17.6 Å². The van der Waals surface area contributed by atoms with E-state index in [9.17, 15) is 13.2 Å². The molecule has 3 rings (SSSR count). The smallest absolute Gasteiger partial charge is 0.416 e. The normalized spacial score (nSPS) is 12.0. The lowest BCUT2D eigenvalue weighted by molar-refractivity contribution is -0.137. The van der Waals surface area contributed by atoms with Gasteiger partial charge in [-0.15, -0.1) is 0 Å². The summed E-state index contributed by atoms with van der Waals surface area (Å²) in [4.78, 5) is 4.19. The van der Waals surface area contributed by atoms with E-state index in [1.165, 1.54) is 6.07 Å². The molecular formula is C15H11F3N2O. The lowest BCUT2D eigenvalue weighted by atomic mass is 10.1. The molecule has 0 radical (unpaired) electrons. The Bertz CT molecular complexity index is 776. The molecule has 0 aliphatic rings. The van der Waals surface area contributed by atoms with Gasteiger partial charge in [0.05, 0.1) is 5.56 Å². The molecule has 3 nitrogen and oxygen atoms in total. The van der Waals surface area contributed by atoms with Crippen molar-refractivity contribution in [3.8, 4) is 11.5 Å². The average molecular weight is 292 g/mol. The van der Waals surface area contributed by atoms with Crippen molar-refractivity contribution in [1.29, 1.82) is 0 Å². The number of nitrogens with two attached hydrogens (primary N) is 1. The van der Waals surface area contributed by atoms with E-state index in [0.29, 0.717) is 23.4 Å². The molecule has 3 aromatic rings. The Kier molecular flexibility index (Phi) is 3.17.